The van der Waals surface area contributed by atoms with Gasteiger partial charge in [-0.25, -0.2) is 9.97 Å². The Hall–Kier alpha value is -3.36. The van der Waals surface area contributed by atoms with Crippen molar-refractivity contribution in [2.75, 3.05) is 6.61 Å². The van der Waals surface area contributed by atoms with Gasteiger partial charge in [-0.1, -0.05) is 36.2 Å². The number of carbonyl (C=O) groups is 1. The smallest absolute Gasteiger partial charge is 0.306 e. The van der Waals surface area contributed by atoms with Crippen molar-refractivity contribution in [2.45, 2.75) is 52.2 Å². The molecule has 0 radical (unpaired) electrons. The summed E-state index contributed by atoms with van der Waals surface area (Å²) in [6.07, 6.45) is 3.81. The van der Waals surface area contributed by atoms with Crippen LogP contribution >= 0.6 is 23.2 Å². The van der Waals surface area contributed by atoms with E-state index >= 15 is 0 Å². The molecule has 0 spiro atoms. The van der Waals surface area contributed by atoms with E-state index in [4.69, 9.17) is 42.8 Å². The minimum atomic E-state index is -0.849. The van der Waals surface area contributed by atoms with E-state index in [9.17, 15) is 4.79 Å². The monoisotopic (exact) mass is 554 g/mol. The van der Waals surface area contributed by atoms with Gasteiger partial charge in [-0.3, -0.25) is 4.79 Å². The lowest BCUT2D eigenvalue weighted by molar-refractivity contribution is -0.141. The fourth-order valence-corrected chi connectivity index (χ4v) is 4.53. The van der Waals surface area contributed by atoms with E-state index in [0.29, 0.717) is 57.2 Å². The molecule has 1 aliphatic rings. The summed E-state index contributed by atoms with van der Waals surface area (Å²) in [5, 5.41) is 10.2. The first kappa shape index (κ1) is 26.3. The number of ether oxygens (including phenoxy) is 2. The highest BCUT2D eigenvalue weighted by Gasteiger charge is 2.41. The van der Waals surface area contributed by atoms with Gasteiger partial charge in [0.2, 0.25) is 5.88 Å². The van der Waals surface area contributed by atoms with E-state index in [1.807, 2.05) is 35.8 Å². The van der Waals surface area contributed by atoms with Gasteiger partial charge >= 0.3 is 5.97 Å². The molecule has 4 aromatic rings. The van der Waals surface area contributed by atoms with Gasteiger partial charge in [0.05, 0.1) is 24.1 Å². The van der Waals surface area contributed by atoms with Crippen LogP contribution in [0.25, 0.3) is 22.6 Å². The molecule has 5 rings (SSSR count). The Morgan fingerprint density at radius 3 is 2.68 bits per heavy atom. The van der Waals surface area contributed by atoms with Gasteiger partial charge in [0.25, 0.3) is 0 Å². The second-order valence-corrected chi connectivity index (χ2v) is 10.9. The third-order valence-corrected chi connectivity index (χ3v) is 7.41. The summed E-state index contributed by atoms with van der Waals surface area (Å²) < 4.78 is 14.0. The fourth-order valence-electron chi connectivity index (χ4n) is 4.08. The SMILES string of the molecule is Cc1ccc(Cl)cc1Cn1c(-c2ccc(OCCC(C)C(=O)O)cc2Cl)nc2c(OC3(C)CC3)ncnc21. The molecule has 1 unspecified atom stereocenters. The van der Waals surface area contributed by atoms with E-state index in [-0.39, 0.29) is 12.2 Å². The van der Waals surface area contributed by atoms with Gasteiger partial charge in [-0.15, -0.1) is 0 Å². The zero-order valence-electron chi connectivity index (χ0n) is 21.4. The number of fused-ring (bicyclic) bond motifs is 1. The largest absolute Gasteiger partial charge is 0.494 e. The summed E-state index contributed by atoms with van der Waals surface area (Å²) in [6, 6.07) is 11.1. The van der Waals surface area contributed by atoms with E-state index < -0.39 is 11.9 Å². The lowest BCUT2D eigenvalue weighted by Crippen LogP contribution is -2.13. The minimum absolute atomic E-state index is 0.233. The highest BCUT2D eigenvalue weighted by Crippen LogP contribution is 2.41. The van der Waals surface area contributed by atoms with Crippen molar-refractivity contribution in [2.24, 2.45) is 5.92 Å². The number of nitrogens with zero attached hydrogens (tertiary/aromatic N) is 4. The quantitative estimate of drug-likeness (QED) is 0.236. The summed E-state index contributed by atoms with van der Waals surface area (Å²) in [6.45, 7) is 6.48. The molecule has 1 fully saturated rings. The standard InChI is InChI=1S/C28H28Cl2N4O4/c1-16-4-5-19(29)12-18(16)14-34-24(33-23-25(34)31-15-32-26(23)38-28(3)9-10-28)21-7-6-20(13-22(21)30)37-11-8-17(2)27(35)36/h4-7,12-13,15,17H,8-11,14H2,1-3H3,(H,35,36). The van der Waals surface area contributed by atoms with Crippen LogP contribution in [0.3, 0.4) is 0 Å². The molecular formula is C28H28Cl2N4O4. The number of rotatable bonds is 10. The molecular weight excluding hydrogens is 527 g/mol. The Morgan fingerprint density at radius 2 is 1.97 bits per heavy atom. The molecule has 0 amide bonds. The van der Waals surface area contributed by atoms with Crippen LogP contribution in [0.1, 0.15) is 44.2 Å². The summed E-state index contributed by atoms with van der Waals surface area (Å²) in [5.74, 6) is 0.270. The van der Waals surface area contributed by atoms with Crippen LogP contribution < -0.4 is 9.47 Å². The number of carboxylic acid groups (broad SMARTS) is 1. The molecule has 1 saturated carbocycles. The molecule has 1 N–H and O–H groups in total. The predicted molar refractivity (Wildman–Crippen MR) is 146 cm³/mol. The maximum atomic E-state index is 11.1. The molecule has 0 saturated heterocycles. The zero-order valence-corrected chi connectivity index (χ0v) is 22.9. The van der Waals surface area contributed by atoms with Crippen LogP contribution in [-0.2, 0) is 11.3 Å². The zero-order chi connectivity index (χ0) is 27.0. The fraction of sp³-hybridized carbons (Fsp3) is 0.357. The van der Waals surface area contributed by atoms with Gasteiger partial charge < -0.3 is 19.1 Å². The lowest BCUT2D eigenvalue weighted by atomic mass is 10.1. The number of aromatic nitrogens is 4. The van der Waals surface area contributed by atoms with Gasteiger partial charge in [-0.2, -0.15) is 4.98 Å². The second kappa shape index (κ2) is 10.4. The van der Waals surface area contributed by atoms with E-state index in [0.717, 1.165) is 24.0 Å². The number of carboxylic acids is 1. The Kier molecular flexibility index (Phi) is 7.20. The maximum Gasteiger partial charge on any atom is 0.306 e. The van der Waals surface area contributed by atoms with E-state index in [2.05, 4.69) is 16.9 Å². The molecule has 0 aliphatic heterocycles. The molecule has 38 heavy (non-hydrogen) atoms. The maximum absolute atomic E-state index is 11.1. The molecule has 0 bridgehead atoms. The Bertz CT molecular complexity index is 1520. The Morgan fingerprint density at radius 1 is 1.18 bits per heavy atom. The summed E-state index contributed by atoms with van der Waals surface area (Å²) >= 11 is 13.1. The van der Waals surface area contributed by atoms with Crippen molar-refractivity contribution in [3.63, 3.8) is 0 Å². The third kappa shape index (κ3) is 5.56. The molecule has 2 aromatic carbocycles. The Balaban J connectivity index is 1.54. The van der Waals surface area contributed by atoms with Crippen LogP contribution in [0.5, 0.6) is 11.6 Å². The molecule has 8 nitrogen and oxygen atoms in total. The third-order valence-electron chi connectivity index (χ3n) is 6.86. The van der Waals surface area contributed by atoms with Crippen molar-refractivity contribution in [1.82, 2.24) is 19.5 Å². The predicted octanol–water partition coefficient (Wildman–Crippen LogP) is 6.58. The average molecular weight is 555 g/mol. The van der Waals surface area contributed by atoms with Gasteiger partial charge in [0, 0.05) is 10.6 Å². The number of hydrogen-bond acceptors (Lipinski definition) is 6. The topological polar surface area (TPSA) is 99.4 Å². The lowest BCUT2D eigenvalue weighted by Gasteiger charge is -2.14. The molecule has 198 valence electrons. The van der Waals surface area contributed by atoms with Crippen LogP contribution in [0.4, 0.5) is 0 Å². The summed E-state index contributed by atoms with van der Waals surface area (Å²) in [7, 11) is 0. The van der Waals surface area contributed by atoms with Crippen LogP contribution in [0.15, 0.2) is 42.7 Å². The van der Waals surface area contributed by atoms with Gasteiger partial charge in [0.1, 0.15) is 23.5 Å². The van der Waals surface area contributed by atoms with Crippen LogP contribution in [0, 0.1) is 12.8 Å². The Labute approximate surface area is 230 Å². The molecule has 10 heteroatoms. The molecule has 2 heterocycles. The van der Waals surface area contributed by atoms with Crippen LogP contribution in [-0.4, -0.2) is 42.8 Å². The number of aliphatic carboxylic acids is 1. The van der Waals surface area contributed by atoms with Crippen molar-refractivity contribution in [3.05, 3.63) is 63.9 Å². The van der Waals surface area contributed by atoms with Crippen LogP contribution in [0.2, 0.25) is 10.0 Å². The molecule has 1 aliphatic carbocycles. The van der Waals surface area contributed by atoms with E-state index in [1.54, 1.807) is 19.1 Å². The van der Waals surface area contributed by atoms with Crippen molar-refractivity contribution in [1.29, 1.82) is 0 Å². The average Bonchev–Trinajstić information content (AvgIpc) is 3.49. The van der Waals surface area contributed by atoms with Gasteiger partial charge in [-0.05, 0) is 74.6 Å². The normalized spacial score (nSPS) is 14.9. The highest BCUT2D eigenvalue weighted by atomic mass is 35.5. The van der Waals surface area contributed by atoms with Crippen molar-refractivity contribution < 1.29 is 19.4 Å². The van der Waals surface area contributed by atoms with Crippen molar-refractivity contribution >= 4 is 40.3 Å². The van der Waals surface area contributed by atoms with Gasteiger partial charge in [0.15, 0.2) is 11.2 Å². The van der Waals surface area contributed by atoms with Crippen molar-refractivity contribution in [3.8, 4) is 23.0 Å². The molecule has 1 atom stereocenters. The number of benzene rings is 2. The van der Waals surface area contributed by atoms with E-state index in [1.165, 1.54) is 6.33 Å². The molecule has 2 aromatic heterocycles. The first-order chi connectivity index (χ1) is 18.1. The number of halogens is 2. The first-order valence-corrected chi connectivity index (χ1v) is 13.2. The first-order valence-electron chi connectivity index (χ1n) is 12.4. The minimum Gasteiger partial charge on any atom is -0.494 e. The number of imidazole rings is 1. The number of hydrogen-bond donors (Lipinski definition) is 1. The summed E-state index contributed by atoms with van der Waals surface area (Å²) in [5.41, 5.74) is 3.77. The second-order valence-electron chi connectivity index (χ2n) is 10.0. The summed E-state index contributed by atoms with van der Waals surface area (Å²) in [4.78, 5) is 25.0. The highest BCUT2D eigenvalue weighted by molar-refractivity contribution is 6.33. The number of aryl methyl sites for hydroxylation is 1.